The average Bonchev–Trinajstić information content (AvgIpc) is 3.08. The number of β-amino-alcohol motifs (C(OH)–C–C–N with tert-alkyl or cyclic N) is 1. The molecule has 1 aromatic carbocycles. The van der Waals surface area contributed by atoms with E-state index in [2.05, 4.69) is 4.90 Å². The molecule has 1 N–H and O–H groups in total. The lowest BCUT2D eigenvalue weighted by Crippen LogP contribution is -2.50. The molecule has 3 rings (SSSR count). The van der Waals surface area contributed by atoms with Crippen molar-refractivity contribution in [2.24, 2.45) is 0 Å². The zero-order valence-corrected chi connectivity index (χ0v) is 13.7. The summed E-state index contributed by atoms with van der Waals surface area (Å²) in [5, 5.41) is 9.43. The van der Waals surface area contributed by atoms with E-state index in [0.717, 1.165) is 13.1 Å². The molecule has 5 nitrogen and oxygen atoms in total. The van der Waals surface area contributed by atoms with Crippen molar-refractivity contribution in [1.82, 2.24) is 14.4 Å². The zero-order chi connectivity index (χ0) is 17.1. The first-order valence-corrected chi connectivity index (χ1v) is 8.17. The second kappa shape index (κ2) is 7.15. The number of aromatic nitrogens is 1. The van der Waals surface area contributed by atoms with Crippen LogP contribution in [0.2, 0.25) is 0 Å². The summed E-state index contributed by atoms with van der Waals surface area (Å²) in [7, 11) is 0. The standard InChI is InChI=1S/C18H22FN3O2/c1-14(23)13-20-8-10-22(11-9-20)18(24)15-4-5-17(16(19)12-15)21-6-2-3-7-21/h2-7,12,14,23H,8-11,13H2,1H3/t14-/m0/s1. The maximum Gasteiger partial charge on any atom is 0.254 e. The van der Waals surface area contributed by atoms with Gasteiger partial charge in [0.2, 0.25) is 0 Å². The summed E-state index contributed by atoms with van der Waals surface area (Å²) in [5.74, 6) is -0.561. The summed E-state index contributed by atoms with van der Waals surface area (Å²) >= 11 is 0. The molecule has 0 aliphatic carbocycles. The van der Waals surface area contributed by atoms with Crippen molar-refractivity contribution >= 4 is 5.91 Å². The van der Waals surface area contributed by atoms with Crippen LogP contribution in [0.4, 0.5) is 4.39 Å². The van der Waals surface area contributed by atoms with E-state index in [1.807, 2.05) is 12.1 Å². The summed E-state index contributed by atoms with van der Waals surface area (Å²) in [5.41, 5.74) is 0.797. The van der Waals surface area contributed by atoms with Gasteiger partial charge in [0, 0.05) is 50.7 Å². The van der Waals surface area contributed by atoms with Crippen LogP contribution in [0.25, 0.3) is 5.69 Å². The molecule has 1 atom stereocenters. The van der Waals surface area contributed by atoms with Crippen LogP contribution in [0.5, 0.6) is 0 Å². The van der Waals surface area contributed by atoms with Crippen molar-refractivity contribution in [3.05, 3.63) is 54.1 Å². The Balaban J connectivity index is 1.67. The number of amides is 1. The summed E-state index contributed by atoms with van der Waals surface area (Å²) in [6, 6.07) is 8.26. The molecule has 2 heterocycles. The van der Waals surface area contributed by atoms with Gasteiger partial charge in [-0.3, -0.25) is 9.69 Å². The molecular formula is C18H22FN3O2. The minimum atomic E-state index is -0.412. The van der Waals surface area contributed by atoms with Gasteiger partial charge in [0.25, 0.3) is 5.91 Å². The first kappa shape index (κ1) is 16.7. The van der Waals surface area contributed by atoms with Gasteiger partial charge >= 0.3 is 0 Å². The van der Waals surface area contributed by atoms with Crippen molar-refractivity contribution in [1.29, 1.82) is 0 Å². The maximum absolute atomic E-state index is 14.3. The van der Waals surface area contributed by atoms with Crippen LogP contribution in [0.15, 0.2) is 42.7 Å². The highest BCUT2D eigenvalue weighted by Gasteiger charge is 2.23. The van der Waals surface area contributed by atoms with Crippen molar-refractivity contribution in [2.45, 2.75) is 13.0 Å². The van der Waals surface area contributed by atoms with Gasteiger partial charge in [-0.05, 0) is 37.3 Å². The Labute approximate surface area is 140 Å². The normalized spacial score (nSPS) is 17.0. The first-order valence-electron chi connectivity index (χ1n) is 8.17. The average molecular weight is 331 g/mol. The molecule has 1 amide bonds. The van der Waals surface area contributed by atoms with Gasteiger partial charge in [0.05, 0.1) is 11.8 Å². The predicted octanol–water partition coefficient (Wildman–Crippen LogP) is 1.75. The van der Waals surface area contributed by atoms with E-state index in [-0.39, 0.29) is 12.0 Å². The highest BCUT2D eigenvalue weighted by molar-refractivity contribution is 5.94. The van der Waals surface area contributed by atoms with Gasteiger partial charge in [0.15, 0.2) is 0 Å². The number of aliphatic hydroxyl groups is 1. The van der Waals surface area contributed by atoms with Crippen LogP contribution in [0.1, 0.15) is 17.3 Å². The largest absolute Gasteiger partial charge is 0.392 e. The fraction of sp³-hybridized carbons (Fsp3) is 0.389. The lowest BCUT2D eigenvalue weighted by Gasteiger charge is -2.35. The smallest absolute Gasteiger partial charge is 0.254 e. The van der Waals surface area contributed by atoms with Crippen LogP contribution >= 0.6 is 0 Å². The van der Waals surface area contributed by atoms with Crippen LogP contribution in [0.3, 0.4) is 0 Å². The van der Waals surface area contributed by atoms with E-state index in [1.54, 1.807) is 40.9 Å². The Morgan fingerprint density at radius 3 is 2.46 bits per heavy atom. The van der Waals surface area contributed by atoms with Crippen LogP contribution in [-0.2, 0) is 0 Å². The summed E-state index contributed by atoms with van der Waals surface area (Å²) in [6.07, 6.45) is 3.16. The van der Waals surface area contributed by atoms with Gasteiger partial charge < -0.3 is 14.6 Å². The highest BCUT2D eigenvalue weighted by atomic mass is 19.1. The number of carbonyl (C=O) groups excluding carboxylic acids is 1. The first-order chi connectivity index (χ1) is 11.5. The predicted molar refractivity (Wildman–Crippen MR) is 89.8 cm³/mol. The van der Waals surface area contributed by atoms with Crippen molar-refractivity contribution < 1.29 is 14.3 Å². The Bertz CT molecular complexity index is 692. The lowest BCUT2D eigenvalue weighted by atomic mass is 10.1. The molecule has 0 unspecified atom stereocenters. The highest BCUT2D eigenvalue weighted by Crippen LogP contribution is 2.17. The van der Waals surface area contributed by atoms with Gasteiger partial charge in [-0.2, -0.15) is 0 Å². The molecular weight excluding hydrogens is 309 g/mol. The summed E-state index contributed by atoms with van der Waals surface area (Å²) in [6.45, 7) is 5.00. The number of aliphatic hydroxyl groups excluding tert-OH is 1. The molecule has 1 saturated heterocycles. The van der Waals surface area contributed by atoms with E-state index >= 15 is 0 Å². The monoisotopic (exact) mass is 331 g/mol. The minimum Gasteiger partial charge on any atom is -0.392 e. The molecule has 0 saturated carbocycles. The van der Waals surface area contributed by atoms with Crippen molar-refractivity contribution in [2.75, 3.05) is 32.7 Å². The molecule has 1 aromatic heterocycles. The Morgan fingerprint density at radius 1 is 1.21 bits per heavy atom. The Hall–Kier alpha value is -2.18. The number of benzene rings is 1. The Kier molecular flexibility index (Phi) is 4.97. The number of hydrogen-bond acceptors (Lipinski definition) is 3. The fourth-order valence-electron chi connectivity index (χ4n) is 3.03. The molecule has 0 bridgehead atoms. The topological polar surface area (TPSA) is 48.7 Å². The van der Waals surface area contributed by atoms with E-state index in [1.165, 1.54) is 6.07 Å². The Morgan fingerprint density at radius 2 is 1.88 bits per heavy atom. The summed E-state index contributed by atoms with van der Waals surface area (Å²) < 4.78 is 16.0. The van der Waals surface area contributed by atoms with Gasteiger partial charge in [-0.1, -0.05) is 0 Å². The third-order valence-electron chi connectivity index (χ3n) is 4.26. The number of carbonyl (C=O) groups is 1. The summed E-state index contributed by atoms with van der Waals surface area (Å²) in [4.78, 5) is 16.4. The van der Waals surface area contributed by atoms with Gasteiger partial charge in [-0.25, -0.2) is 4.39 Å². The van der Waals surface area contributed by atoms with Crippen molar-refractivity contribution in [3.63, 3.8) is 0 Å². The van der Waals surface area contributed by atoms with E-state index in [4.69, 9.17) is 0 Å². The molecule has 1 fully saturated rings. The van der Waals surface area contributed by atoms with Crippen molar-refractivity contribution in [3.8, 4) is 5.69 Å². The minimum absolute atomic E-state index is 0.148. The second-order valence-electron chi connectivity index (χ2n) is 6.20. The maximum atomic E-state index is 14.3. The molecule has 0 radical (unpaired) electrons. The number of hydrogen-bond donors (Lipinski definition) is 1. The zero-order valence-electron chi connectivity index (χ0n) is 13.7. The van der Waals surface area contributed by atoms with Crippen LogP contribution in [0, 0.1) is 5.82 Å². The molecule has 1 aliphatic rings. The number of rotatable bonds is 4. The van der Waals surface area contributed by atoms with E-state index < -0.39 is 5.82 Å². The fourth-order valence-corrected chi connectivity index (χ4v) is 3.03. The number of nitrogens with zero attached hydrogens (tertiary/aromatic N) is 3. The van der Waals surface area contributed by atoms with Gasteiger partial charge in [0.1, 0.15) is 5.82 Å². The number of piperazine rings is 1. The van der Waals surface area contributed by atoms with E-state index in [0.29, 0.717) is 30.9 Å². The SMILES string of the molecule is C[C@H](O)CN1CCN(C(=O)c2ccc(-n3cccc3)c(F)c2)CC1. The third kappa shape index (κ3) is 3.66. The van der Waals surface area contributed by atoms with Crippen LogP contribution in [-0.4, -0.2) is 64.2 Å². The number of halogens is 1. The molecule has 2 aromatic rings. The van der Waals surface area contributed by atoms with Gasteiger partial charge in [-0.15, -0.1) is 0 Å². The molecule has 128 valence electrons. The second-order valence-corrected chi connectivity index (χ2v) is 6.20. The molecule has 0 spiro atoms. The molecule has 24 heavy (non-hydrogen) atoms. The lowest BCUT2D eigenvalue weighted by molar-refractivity contribution is 0.0553. The third-order valence-corrected chi connectivity index (χ3v) is 4.26. The molecule has 6 heteroatoms. The van der Waals surface area contributed by atoms with E-state index in [9.17, 15) is 14.3 Å². The molecule has 1 aliphatic heterocycles. The quantitative estimate of drug-likeness (QED) is 0.929. The van der Waals surface area contributed by atoms with Crippen LogP contribution < -0.4 is 0 Å².